The molecule has 0 unspecified atom stereocenters. The molecule has 3 aromatic rings. The van der Waals surface area contributed by atoms with Gasteiger partial charge in [-0.05, 0) is 25.1 Å². The second-order valence-corrected chi connectivity index (χ2v) is 4.24. The van der Waals surface area contributed by atoms with Crippen LogP contribution in [0.4, 0.5) is 4.39 Å². The zero-order valence-electron chi connectivity index (χ0n) is 10.3. The highest BCUT2D eigenvalue weighted by molar-refractivity contribution is 5.80. The fourth-order valence-corrected chi connectivity index (χ4v) is 2.19. The Morgan fingerprint density at radius 3 is 2.84 bits per heavy atom. The van der Waals surface area contributed by atoms with Gasteiger partial charge < -0.3 is 9.67 Å². The molecule has 3 rings (SSSR count). The molecule has 0 aliphatic carbocycles. The van der Waals surface area contributed by atoms with E-state index >= 15 is 0 Å². The molecule has 96 valence electrons. The van der Waals surface area contributed by atoms with Crippen LogP contribution in [0.2, 0.25) is 0 Å². The zero-order chi connectivity index (χ0) is 13.4. The maximum atomic E-state index is 13.2. The Hall–Kier alpha value is -2.43. The quantitative estimate of drug-likeness (QED) is 0.767. The Morgan fingerprint density at radius 2 is 2.11 bits per heavy atom. The number of hydrogen-bond donors (Lipinski definition) is 1. The van der Waals surface area contributed by atoms with Crippen LogP contribution in [0, 0.1) is 5.82 Å². The van der Waals surface area contributed by atoms with Gasteiger partial charge in [-0.25, -0.2) is 9.37 Å². The Balaban J connectivity index is 2.28. The van der Waals surface area contributed by atoms with E-state index in [2.05, 4.69) is 9.97 Å². The van der Waals surface area contributed by atoms with Crippen LogP contribution < -0.4 is 0 Å². The molecule has 2 aromatic heterocycles. The third kappa shape index (κ3) is 1.93. The van der Waals surface area contributed by atoms with E-state index in [9.17, 15) is 9.50 Å². The van der Waals surface area contributed by atoms with Crippen LogP contribution in [0.25, 0.3) is 22.4 Å². The fraction of sp³-hybridized carbons (Fsp3) is 0.143. The summed E-state index contributed by atoms with van der Waals surface area (Å²) in [5.41, 5.74) is 2.17. The van der Waals surface area contributed by atoms with Gasteiger partial charge in [0.25, 0.3) is 0 Å². The maximum absolute atomic E-state index is 13.2. The van der Waals surface area contributed by atoms with E-state index in [1.807, 2.05) is 11.5 Å². The minimum atomic E-state index is -0.311. The molecule has 19 heavy (non-hydrogen) atoms. The largest absolute Gasteiger partial charge is 0.506 e. The number of nitrogens with zero attached hydrogens (tertiary/aromatic N) is 3. The van der Waals surface area contributed by atoms with Crippen molar-refractivity contribution in [1.82, 2.24) is 14.5 Å². The minimum Gasteiger partial charge on any atom is -0.506 e. The van der Waals surface area contributed by atoms with Crippen LogP contribution >= 0.6 is 0 Å². The lowest BCUT2D eigenvalue weighted by Crippen LogP contribution is -1.97. The topological polar surface area (TPSA) is 50.9 Å². The van der Waals surface area contributed by atoms with E-state index in [0.29, 0.717) is 23.4 Å². The number of aromatic hydroxyl groups is 1. The fourth-order valence-electron chi connectivity index (χ4n) is 2.19. The van der Waals surface area contributed by atoms with Crippen LogP contribution in [0.15, 0.2) is 36.7 Å². The lowest BCUT2D eigenvalue weighted by Gasteiger charge is -2.05. The standard InChI is InChI=1S/C14H12FN3O/c1-2-18-13-4-3-10(15)6-12(13)17-14(18)9-5-11(19)8-16-7-9/h3-8,19H,2H2,1H3. The van der Waals surface area contributed by atoms with E-state index in [0.717, 1.165) is 5.52 Å². The van der Waals surface area contributed by atoms with E-state index in [1.165, 1.54) is 18.3 Å². The van der Waals surface area contributed by atoms with Gasteiger partial charge in [-0.15, -0.1) is 0 Å². The first-order chi connectivity index (χ1) is 9.19. The summed E-state index contributed by atoms with van der Waals surface area (Å²) in [6, 6.07) is 6.12. The average molecular weight is 257 g/mol. The number of rotatable bonds is 2. The monoisotopic (exact) mass is 257 g/mol. The third-order valence-electron chi connectivity index (χ3n) is 3.01. The van der Waals surface area contributed by atoms with Crippen molar-refractivity contribution in [1.29, 1.82) is 0 Å². The minimum absolute atomic E-state index is 0.0818. The van der Waals surface area contributed by atoms with Crippen molar-refractivity contribution in [2.24, 2.45) is 0 Å². The highest BCUT2D eigenvalue weighted by Gasteiger charge is 2.12. The molecule has 0 atom stereocenters. The molecule has 0 aliphatic heterocycles. The van der Waals surface area contributed by atoms with Gasteiger partial charge in [0.2, 0.25) is 0 Å². The molecule has 0 radical (unpaired) electrons. The Kier molecular flexibility index (Phi) is 2.67. The summed E-state index contributed by atoms with van der Waals surface area (Å²) in [4.78, 5) is 8.37. The van der Waals surface area contributed by atoms with Crippen LogP contribution in [0.3, 0.4) is 0 Å². The summed E-state index contributed by atoms with van der Waals surface area (Å²) in [5, 5.41) is 9.50. The van der Waals surface area contributed by atoms with E-state index in [-0.39, 0.29) is 11.6 Å². The van der Waals surface area contributed by atoms with Crippen molar-refractivity contribution in [3.8, 4) is 17.1 Å². The number of aromatic nitrogens is 3. The maximum Gasteiger partial charge on any atom is 0.142 e. The van der Waals surface area contributed by atoms with Gasteiger partial charge in [0, 0.05) is 24.4 Å². The summed E-state index contributed by atoms with van der Waals surface area (Å²) in [7, 11) is 0. The van der Waals surface area contributed by atoms with Crippen molar-refractivity contribution in [2.45, 2.75) is 13.5 Å². The molecule has 4 nitrogen and oxygen atoms in total. The number of benzene rings is 1. The molecular weight excluding hydrogens is 245 g/mol. The van der Waals surface area contributed by atoms with Gasteiger partial charge in [0.15, 0.2) is 0 Å². The number of imidazole rings is 1. The third-order valence-corrected chi connectivity index (χ3v) is 3.01. The highest BCUT2D eigenvalue weighted by atomic mass is 19.1. The molecule has 2 heterocycles. The van der Waals surface area contributed by atoms with E-state index < -0.39 is 0 Å². The van der Waals surface area contributed by atoms with Gasteiger partial charge in [-0.1, -0.05) is 0 Å². The predicted octanol–water partition coefficient (Wildman–Crippen LogP) is 2.96. The van der Waals surface area contributed by atoms with E-state index in [1.54, 1.807) is 18.3 Å². The molecule has 5 heteroatoms. The molecule has 0 bridgehead atoms. The zero-order valence-corrected chi connectivity index (χ0v) is 10.3. The van der Waals surface area contributed by atoms with Crippen molar-refractivity contribution in [3.63, 3.8) is 0 Å². The SMILES string of the molecule is CCn1c(-c2cncc(O)c2)nc2cc(F)ccc21. The number of halogens is 1. The van der Waals surface area contributed by atoms with Crippen molar-refractivity contribution < 1.29 is 9.50 Å². The van der Waals surface area contributed by atoms with Gasteiger partial charge in [-0.3, -0.25) is 4.98 Å². The van der Waals surface area contributed by atoms with Crippen molar-refractivity contribution in [2.75, 3.05) is 0 Å². The Morgan fingerprint density at radius 1 is 1.26 bits per heavy atom. The van der Waals surface area contributed by atoms with Crippen LogP contribution in [0.5, 0.6) is 5.75 Å². The molecule has 0 aliphatic rings. The summed E-state index contributed by atoms with van der Waals surface area (Å²) in [6.45, 7) is 2.69. The first kappa shape index (κ1) is 11.6. The van der Waals surface area contributed by atoms with Crippen molar-refractivity contribution in [3.05, 3.63) is 42.5 Å². The molecule has 0 saturated carbocycles. The van der Waals surface area contributed by atoms with E-state index in [4.69, 9.17) is 0 Å². The predicted molar refractivity (Wildman–Crippen MR) is 70.3 cm³/mol. The summed E-state index contributed by atoms with van der Waals surface area (Å²) in [6.07, 6.45) is 2.99. The molecule has 1 N–H and O–H groups in total. The number of pyridine rings is 1. The average Bonchev–Trinajstić information content (AvgIpc) is 2.76. The Bertz CT molecular complexity index is 752. The van der Waals surface area contributed by atoms with Crippen LogP contribution in [-0.2, 0) is 6.54 Å². The molecule has 0 amide bonds. The summed E-state index contributed by atoms with van der Waals surface area (Å²) in [5.74, 6) is 0.443. The normalized spacial score (nSPS) is 11.1. The molecule has 0 saturated heterocycles. The van der Waals surface area contributed by atoms with Crippen LogP contribution in [-0.4, -0.2) is 19.6 Å². The smallest absolute Gasteiger partial charge is 0.142 e. The summed E-state index contributed by atoms with van der Waals surface area (Å²) >= 11 is 0. The number of aryl methyl sites for hydroxylation is 1. The van der Waals surface area contributed by atoms with Gasteiger partial charge in [0.05, 0.1) is 17.2 Å². The van der Waals surface area contributed by atoms with Gasteiger partial charge >= 0.3 is 0 Å². The van der Waals surface area contributed by atoms with Gasteiger partial charge in [0.1, 0.15) is 17.4 Å². The molecule has 1 aromatic carbocycles. The first-order valence-corrected chi connectivity index (χ1v) is 5.99. The lowest BCUT2D eigenvalue weighted by atomic mass is 10.2. The van der Waals surface area contributed by atoms with Crippen molar-refractivity contribution >= 4 is 11.0 Å². The Labute approximate surface area is 109 Å². The lowest BCUT2D eigenvalue weighted by molar-refractivity contribution is 0.473. The molecule has 0 spiro atoms. The second kappa shape index (κ2) is 4.35. The summed E-state index contributed by atoms with van der Waals surface area (Å²) < 4.78 is 15.2. The van der Waals surface area contributed by atoms with Crippen LogP contribution in [0.1, 0.15) is 6.92 Å². The number of hydrogen-bond acceptors (Lipinski definition) is 3. The molecule has 0 fully saturated rings. The number of fused-ring (bicyclic) bond motifs is 1. The first-order valence-electron chi connectivity index (χ1n) is 5.99. The second-order valence-electron chi connectivity index (χ2n) is 4.24. The highest BCUT2D eigenvalue weighted by Crippen LogP contribution is 2.26. The molecular formula is C14H12FN3O. The van der Waals surface area contributed by atoms with Gasteiger partial charge in [-0.2, -0.15) is 0 Å².